The number of benzene rings is 1. The van der Waals surface area contributed by atoms with Crippen molar-refractivity contribution in [1.29, 1.82) is 0 Å². The predicted molar refractivity (Wildman–Crippen MR) is 82.0 cm³/mol. The number of anilines is 1. The summed E-state index contributed by atoms with van der Waals surface area (Å²) in [6, 6.07) is 7.65. The van der Waals surface area contributed by atoms with Crippen molar-refractivity contribution in [2.24, 2.45) is 0 Å². The maximum absolute atomic E-state index is 5.23. The van der Waals surface area contributed by atoms with Crippen molar-refractivity contribution in [3.8, 4) is 17.1 Å². The Morgan fingerprint density at radius 1 is 1.25 bits per heavy atom. The van der Waals surface area contributed by atoms with Gasteiger partial charge in [0.2, 0.25) is 0 Å². The molecule has 0 saturated heterocycles. The third-order valence-corrected chi connectivity index (χ3v) is 3.60. The van der Waals surface area contributed by atoms with Gasteiger partial charge in [0, 0.05) is 19.7 Å². The second kappa shape index (κ2) is 6.67. The van der Waals surface area contributed by atoms with Gasteiger partial charge in [-0.25, -0.2) is 9.97 Å². The van der Waals surface area contributed by atoms with Gasteiger partial charge >= 0.3 is 0 Å². The van der Waals surface area contributed by atoms with E-state index in [1.807, 2.05) is 31.3 Å². The summed E-state index contributed by atoms with van der Waals surface area (Å²) in [7, 11) is 5.09. The first kappa shape index (κ1) is 14.7. The Morgan fingerprint density at radius 3 is 2.70 bits per heavy atom. The van der Waals surface area contributed by atoms with Crippen LogP contribution >= 0.6 is 15.9 Å². The van der Waals surface area contributed by atoms with Crippen LogP contribution in [-0.4, -0.2) is 31.2 Å². The van der Waals surface area contributed by atoms with Gasteiger partial charge in [0.25, 0.3) is 0 Å². The summed E-state index contributed by atoms with van der Waals surface area (Å²) < 4.78 is 11.2. The second-order valence-corrected chi connectivity index (χ2v) is 4.86. The average Bonchev–Trinajstić information content (AvgIpc) is 2.49. The van der Waals surface area contributed by atoms with Crippen LogP contribution in [0.2, 0.25) is 0 Å². The van der Waals surface area contributed by atoms with Crippen LogP contribution in [0.5, 0.6) is 5.75 Å². The molecule has 0 amide bonds. The summed E-state index contributed by atoms with van der Waals surface area (Å²) in [4.78, 5) is 9.04. The highest BCUT2D eigenvalue weighted by Crippen LogP contribution is 2.28. The molecule has 0 aliphatic carbocycles. The molecular weight excluding hydrogens is 322 g/mol. The standard InChI is InChI=1S/C14H16BrN3O2/c1-16-14-12(15)11(8-19-2)17-13(18-14)9-5-4-6-10(7-9)20-3/h4-7H,8H2,1-3H3,(H,16,17,18). The lowest BCUT2D eigenvalue weighted by Crippen LogP contribution is -2.04. The number of hydrogen-bond acceptors (Lipinski definition) is 5. The van der Waals surface area contributed by atoms with Crippen LogP contribution in [-0.2, 0) is 11.3 Å². The van der Waals surface area contributed by atoms with Crippen molar-refractivity contribution < 1.29 is 9.47 Å². The number of nitrogens with zero attached hydrogens (tertiary/aromatic N) is 2. The molecule has 6 heteroatoms. The topological polar surface area (TPSA) is 56.3 Å². The lowest BCUT2D eigenvalue weighted by Gasteiger charge is -2.11. The first-order chi connectivity index (χ1) is 9.69. The van der Waals surface area contributed by atoms with E-state index >= 15 is 0 Å². The summed E-state index contributed by atoms with van der Waals surface area (Å²) in [5, 5.41) is 3.05. The Hall–Kier alpha value is -1.66. The summed E-state index contributed by atoms with van der Waals surface area (Å²) in [6.07, 6.45) is 0. The molecule has 0 spiro atoms. The normalized spacial score (nSPS) is 10.4. The molecule has 106 valence electrons. The first-order valence-electron chi connectivity index (χ1n) is 6.07. The number of methoxy groups -OCH3 is 2. The molecule has 5 nitrogen and oxygen atoms in total. The van der Waals surface area contributed by atoms with E-state index in [1.54, 1.807) is 14.2 Å². The molecule has 0 atom stereocenters. The van der Waals surface area contributed by atoms with E-state index in [1.165, 1.54) is 0 Å². The number of ether oxygens (including phenoxy) is 2. The van der Waals surface area contributed by atoms with E-state index in [0.29, 0.717) is 12.4 Å². The number of rotatable bonds is 5. The van der Waals surface area contributed by atoms with Crippen LogP contribution in [0.25, 0.3) is 11.4 Å². The number of halogens is 1. The third-order valence-electron chi connectivity index (χ3n) is 2.77. The highest BCUT2D eigenvalue weighted by Gasteiger charge is 2.13. The molecule has 1 N–H and O–H groups in total. The van der Waals surface area contributed by atoms with Gasteiger partial charge in [-0.05, 0) is 28.1 Å². The van der Waals surface area contributed by atoms with Gasteiger partial charge < -0.3 is 14.8 Å². The molecule has 0 bridgehead atoms. The molecule has 1 aromatic heterocycles. The Labute approximate surface area is 126 Å². The van der Waals surface area contributed by atoms with Crippen LogP contribution in [0.3, 0.4) is 0 Å². The minimum absolute atomic E-state index is 0.411. The fraction of sp³-hybridized carbons (Fsp3) is 0.286. The maximum Gasteiger partial charge on any atom is 0.162 e. The van der Waals surface area contributed by atoms with Crippen LogP contribution < -0.4 is 10.1 Å². The smallest absolute Gasteiger partial charge is 0.162 e. The van der Waals surface area contributed by atoms with E-state index in [9.17, 15) is 0 Å². The summed E-state index contributed by atoms with van der Waals surface area (Å²) in [6.45, 7) is 0.411. The SMILES string of the molecule is CNc1nc(-c2cccc(OC)c2)nc(COC)c1Br. The Morgan fingerprint density at radius 2 is 2.05 bits per heavy atom. The van der Waals surface area contributed by atoms with Gasteiger partial charge in [-0.2, -0.15) is 0 Å². The van der Waals surface area contributed by atoms with Crippen LogP contribution in [0.4, 0.5) is 5.82 Å². The minimum Gasteiger partial charge on any atom is -0.497 e. The number of aromatic nitrogens is 2. The second-order valence-electron chi connectivity index (χ2n) is 4.07. The Kier molecular flexibility index (Phi) is 4.92. The lowest BCUT2D eigenvalue weighted by molar-refractivity contribution is 0.181. The summed E-state index contributed by atoms with van der Waals surface area (Å²) in [5.74, 6) is 2.13. The fourth-order valence-corrected chi connectivity index (χ4v) is 2.27. The van der Waals surface area contributed by atoms with Crippen LogP contribution in [0, 0.1) is 0 Å². The summed E-state index contributed by atoms with van der Waals surface area (Å²) >= 11 is 3.49. The van der Waals surface area contributed by atoms with E-state index in [0.717, 1.165) is 27.3 Å². The van der Waals surface area contributed by atoms with Gasteiger partial charge in [-0.1, -0.05) is 12.1 Å². The van der Waals surface area contributed by atoms with Crippen molar-refractivity contribution in [3.05, 3.63) is 34.4 Å². The molecule has 0 aliphatic heterocycles. The molecule has 0 radical (unpaired) electrons. The number of nitrogens with one attached hydrogen (secondary N) is 1. The van der Waals surface area contributed by atoms with E-state index in [2.05, 4.69) is 31.2 Å². The molecule has 1 aromatic carbocycles. The molecule has 20 heavy (non-hydrogen) atoms. The first-order valence-corrected chi connectivity index (χ1v) is 6.86. The lowest BCUT2D eigenvalue weighted by atomic mass is 10.2. The third kappa shape index (κ3) is 3.08. The van der Waals surface area contributed by atoms with Gasteiger partial charge in [-0.3, -0.25) is 0 Å². The Bertz CT molecular complexity index is 605. The highest BCUT2D eigenvalue weighted by molar-refractivity contribution is 9.10. The van der Waals surface area contributed by atoms with Crippen molar-refractivity contribution in [2.75, 3.05) is 26.6 Å². The predicted octanol–water partition coefficient (Wildman–Crippen LogP) is 3.10. The van der Waals surface area contributed by atoms with Gasteiger partial charge in [-0.15, -0.1) is 0 Å². The monoisotopic (exact) mass is 337 g/mol. The molecule has 2 aromatic rings. The zero-order valence-corrected chi connectivity index (χ0v) is 13.2. The van der Waals surface area contributed by atoms with Crippen molar-refractivity contribution in [3.63, 3.8) is 0 Å². The van der Waals surface area contributed by atoms with Crippen molar-refractivity contribution >= 4 is 21.7 Å². The van der Waals surface area contributed by atoms with Crippen molar-refractivity contribution in [1.82, 2.24) is 9.97 Å². The maximum atomic E-state index is 5.23. The van der Waals surface area contributed by atoms with E-state index in [-0.39, 0.29) is 0 Å². The average molecular weight is 338 g/mol. The quantitative estimate of drug-likeness (QED) is 0.908. The summed E-state index contributed by atoms with van der Waals surface area (Å²) in [5.41, 5.74) is 1.69. The molecule has 0 aliphatic rings. The van der Waals surface area contributed by atoms with Crippen molar-refractivity contribution in [2.45, 2.75) is 6.61 Å². The highest BCUT2D eigenvalue weighted by atomic mass is 79.9. The Balaban J connectivity index is 2.52. The molecule has 0 fully saturated rings. The van der Waals surface area contributed by atoms with Gasteiger partial charge in [0.15, 0.2) is 5.82 Å². The van der Waals surface area contributed by atoms with E-state index < -0.39 is 0 Å². The molecule has 0 saturated carbocycles. The van der Waals surface area contributed by atoms with Crippen LogP contribution in [0.1, 0.15) is 5.69 Å². The minimum atomic E-state index is 0.411. The largest absolute Gasteiger partial charge is 0.497 e. The zero-order valence-electron chi connectivity index (χ0n) is 11.6. The molecule has 2 rings (SSSR count). The molecule has 0 unspecified atom stereocenters. The van der Waals surface area contributed by atoms with E-state index in [4.69, 9.17) is 9.47 Å². The van der Waals surface area contributed by atoms with Crippen LogP contribution in [0.15, 0.2) is 28.7 Å². The van der Waals surface area contributed by atoms with Gasteiger partial charge in [0.05, 0.1) is 23.9 Å². The molecule has 1 heterocycles. The number of hydrogen-bond donors (Lipinski definition) is 1. The zero-order chi connectivity index (χ0) is 14.5. The van der Waals surface area contributed by atoms with Gasteiger partial charge in [0.1, 0.15) is 11.6 Å². The molecular formula is C14H16BrN3O2. The fourth-order valence-electron chi connectivity index (χ4n) is 1.78.